The lowest BCUT2D eigenvalue weighted by molar-refractivity contribution is -0.180. The molecule has 2 aromatic heterocycles. The van der Waals surface area contributed by atoms with Crippen molar-refractivity contribution >= 4 is 31.6 Å². The Labute approximate surface area is 261 Å². The zero-order valence-electron chi connectivity index (χ0n) is 26.7. The maximum absolute atomic E-state index is 9.24. The van der Waals surface area contributed by atoms with Gasteiger partial charge in [0.1, 0.15) is 26.3 Å². The standard InChI is InChI=1S/C30H46N9O4P/c1-20(2)39(21(3)4)44(42-11-7-8-31)23-14-22(23)24-26-29(43-30(24,16-41-26)15-37-9-12-40-13-10-37)38-19-34-25-27(35-18-36(5)6)32-17-33-28(25)38/h17-24,26,29H,7,9-16H2,1-6H3/t22?,23?,24?,26?,29-,30+,44?/m1/s1. The van der Waals surface area contributed by atoms with Crippen LogP contribution < -0.4 is 0 Å². The average Bonchev–Trinajstić information content (AvgIpc) is 3.35. The molecule has 0 spiro atoms. The fourth-order valence-corrected chi connectivity index (χ4v) is 10.1. The van der Waals surface area contributed by atoms with Crippen molar-refractivity contribution < 1.29 is 18.7 Å². The predicted molar refractivity (Wildman–Crippen MR) is 168 cm³/mol. The summed E-state index contributed by atoms with van der Waals surface area (Å²) in [5.74, 6) is 1.11. The number of hydrogen-bond donors (Lipinski definition) is 0. The molecule has 13 nitrogen and oxygen atoms in total. The molecular weight excluding hydrogens is 581 g/mol. The van der Waals surface area contributed by atoms with Crippen molar-refractivity contribution in [1.82, 2.24) is 34.0 Å². The van der Waals surface area contributed by atoms with Gasteiger partial charge in [-0.2, -0.15) is 5.26 Å². The molecule has 2 aromatic rings. The number of morpholine rings is 1. The van der Waals surface area contributed by atoms with Crippen LogP contribution in [0.3, 0.4) is 0 Å². The third-order valence-electron chi connectivity index (χ3n) is 9.01. The van der Waals surface area contributed by atoms with Crippen molar-refractivity contribution in [1.29, 1.82) is 5.26 Å². The summed E-state index contributed by atoms with van der Waals surface area (Å²) in [6, 6.07) is 2.94. The molecule has 0 radical (unpaired) electrons. The number of hydrogen-bond acceptors (Lipinski definition) is 11. The van der Waals surface area contributed by atoms with Crippen LogP contribution in [0.15, 0.2) is 17.6 Å². The highest BCUT2D eigenvalue weighted by Gasteiger charge is 2.69. The number of imidazole rings is 1. The Morgan fingerprint density at radius 1 is 1.20 bits per heavy atom. The van der Waals surface area contributed by atoms with Crippen LogP contribution in [0.2, 0.25) is 0 Å². The van der Waals surface area contributed by atoms with E-state index in [4.69, 9.17) is 18.7 Å². The first kappa shape index (κ1) is 31.7. The zero-order chi connectivity index (χ0) is 31.0. The highest BCUT2D eigenvalue weighted by molar-refractivity contribution is 7.51. The normalized spacial score (nSPS) is 31.1. The molecule has 1 saturated carbocycles. The smallest absolute Gasteiger partial charge is 0.184 e. The quantitative estimate of drug-likeness (QED) is 0.140. The molecule has 3 aliphatic heterocycles. The molecule has 4 aliphatic rings. The van der Waals surface area contributed by atoms with E-state index in [0.717, 1.165) is 39.3 Å². The van der Waals surface area contributed by atoms with Crippen LogP contribution in [0.5, 0.6) is 0 Å². The van der Waals surface area contributed by atoms with E-state index in [-0.39, 0.29) is 18.2 Å². The van der Waals surface area contributed by atoms with Gasteiger partial charge < -0.3 is 23.6 Å². The van der Waals surface area contributed by atoms with E-state index in [2.05, 4.69) is 63.3 Å². The van der Waals surface area contributed by atoms with Gasteiger partial charge in [0, 0.05) is 57.4 Å². The molecule has 14 heteroatoms. The van der Waals surface area contributed by atoms with Crippen LogP contribution in [0.25, 0.3) is 11.2 Å². The lowest BCUT2D eigenvalue weighted by atomic mass is 9.84. The molecule has 6 rings (SSSR count). The fraction of sp³-hybridized carbons (Fsp3) is 0.767. The van der Waals surface area contributed by atoms with Crippen LogP contribution >= 0.6 is 8.30 Å². The van der Waals surface area contributed by atoms with Crippen molar-refractivity contribution in [2.75, 3.05) is 60.2 Å². The molecule has 1 aliphatic carbocycles. The Morgan fingerprint density at radius 2 is 1.98 bits per heavy atom. The summed E-state index contributed by atoms with van der Waals surface area (Å²) in [4.78, 5) is 22.5. The number of nitriles is 1. The van der Waals surface area contributed by atoms with Gasteiger partial charge in [0.05, 0.1) is 51.6 Å². The minimum absolute atomic E-state index is 0.144. The van der Waals surface area contributed by atoms with Crippen LogP contribution in [0, 0.1) is 23.2 Å². The van der Waals surface area contributed by atoms with E-state index in [1.54, 1.807) is 12.7 Å². The summed E-state index contributed by atoms with van der Waals surface area (Å²) >= 11 is 0. The lowest BCUT2D eigenvalue weighted by Crippen LogP contribution is -2.52. The average molecular weight is 628 g/mol. The molecule has 5 unspecified atom stereocenters. The molecule has 0 aromatic carbocycles. The third kappa shape index (κ3) is 6.10. The van der Waals surface area contributed by atoms with Crippen molar-refractivity contribution in [3.63, 3.8) is 0 Å². The Morgan fingerprint density at radius 3 is 2.68 bits per heavy atom. The molecule has 5 heterocycles. The second kappa shape index (κ2) is 13.2. The third-order valence-corrected chi connectivity index (χ3v) is 12.0. The SMILES string of the molecule is CC(C)N(C(C)C)P(OCCC#N)C1CC1C1C2OC[C@]1(CN1CCOCC1)O[C@H]2n1cnc2c(N=CN(C)C)ncnc21. The van der Waals surface area contributed by atoms with Gasteiger partial charge in [0.15, 0.2) is 23.2 Å². The van der Waals surface area contributed by atoms with Crippen LogP contribution in [0.4, 0.5) is 5.82 Å². The highest BCUT2D eigenvalue weighted by atomic mass is 31.2. The first-order chi connectivity index (χ1) is 21.2. The minimum Gasteiger partial charge on any atom is -0.379 e. The van der Waals surface area contributed by atoms with Crippen molar-refractivity contribution in [3.05, 3.63) is 12.7 Å². The molecule has 4 fully saturated rings. The van der Waals surface area contributed by atoms with Gasteiger partial charge in [-0.3, -0.25) is 14.1 Å². The summed E-state index contributed by atoms with van der Waals surface area (Å²) in [7, 11) is 2.94. The molecule has 0 amide bonds. The number of aliphatic imine (C=N–C) groups is 1. The zero-order valence-corrected chi connectivity index (χ0v) is 27.6. The molecule has 7 atom stereocenters. The van der Waals surface area contributed by atoms with Crippen molar-refractivity contribution in [2.24, 2.45) is 16.8 Å². The Kier molecular flexibility index (Phi) is 9.50. The van der Waals surface area contributed by atoms with Gasteiger partial charge in [-0.15, -0.1) is 0 Å². The molecule has 0 N–H and O–H groups in total. The van der Waals surface area contributed by atoms with Crippen molar-refractivity contribution in [2.45, 2.75) is 76.2 Å². The van der Waals surface area contributed by atoms with Gasteiger partial charge in [-0.05, 0) is 40.0 Å². The summed E-state index contributed by atoms with van der Waals surface area (Å²) in [5.41, 5.74) is 1.25. The summed E-state index contributed by atoms with van der Waals surface area (Å²) in [5, 5.41) is 9.24. The minimum atomic E-state index is -0.894. The van der Waals surface area contributed by atoms with Crippen LogP contribution in [-0.2, 0) is 18.7 Å². The van der Waals surface area contributed by atoms with Crippen LogP contribution in [0.1, 0.15) is 46.8 Å². The maximum atomic E-state index is 9.24. The van der Waals surface area contributed by atoms with E-state index < -0.39 is 13.9 Å². The number of fused-ring (bicyclic) bond motifs is 3. The van der Waals surface area contributed by atoms with Gasteiger partial charge in [-0.25, -0.2) is 19.9 Å². The second-order valence-electron chi connectivity index (χ2n) is 13.1. The Balaban J connectivity index is 1.32. The fourth-order valence-electron chi connectivity index (χ4n) is 7.29. The number of nitrogens with zero attached hydrogens (tertiary/aromatic N) is 9. The van der Waals surface area contributed by atoms with Gasteiger partial charge >= 0.3 is 0 Å². The maximum Gasteiger partial charge on any atom is 0.184 e. The summed E-state index contributed by atoms with van der Waals surface area (Å²) in [6.07, 6.45) is 6.01. The summed E-state index contributed by atoms with van der Waals surface area (Å²) in [6.45, 7) is 14.0. The van der Waals surface area contributed by atoms with E-state index in [1.807, 2.05) is 23.6 Å². The number of aromatic nitrogens is 4. The monoisotopic (exact) mass is 627 g/mol. The Bertz CT molecular complexity index is 1350. The van der Waals surface area contributed by atoms with E-state index >= 15 is 0 Å². The molecule has 2 bridgehead atoms. The van der Waals surface area contributed by atoms with E-state index in [0.29, 0.717) is 60.3 Å². The van der Waals surface area contributed by atoms with E-state index in [9.17, 15) is 5.26 Å². The van der Waals surface area contributed by atoms with Gasteiger partial charge in [0.2, 0.25) is 0 Å². The lowest BCUT2D eigenvalue weighted by Gasteiger charge is -2.39. The molecule has 44 heavy (non-hydrogen) atoms. The second-order valence-corrected chi connectivity index (χ2v) is 15.1. The molecular formula is C30H46N9O4P. The number of rotatable bonds is 13. The Hall–Kier alpha value is -2.30. The summed E-state index contributed by atoms with van der Waals surface area (Å²) < 4.78 is 30.6. The first-order valence-corrected chi connectivity index (χ1v) is 17.1. The van der Waals surface area contributed by atoms with Crippen molar-refractivity contribution in [3.8, 4) is 6.07 Å². The topological polar surface area (TPSA) is 126 Å². The highest BCUT2D eigenvalue weighted by Crippen LogP contribution is 2.68. The predicted octanol–water partition coefficient (Wildman–Crippen LogP) is 3.41. The van der Waals surface area contributed by atoms with Gasteiger partial charge in [0.25, 0.3) is 0 Å². The molecule has 240 valence electrons. The van der Waals surface area contributed by atoms with Crippen LogP contribution in [-0.4, -0.2) is 130 Å². The number of ether oxygens (including phenoxy) is 3. The molecule has 3 saturated heterocycles. The largest absolute Gasteiger partial charge is 0.379 e. The van der Waals surface area contributed by atoms with E-state index in [1.165, 1.54) is 6.33 Å². The van der Waals surface area contributed by atoms with Gasteiger partial charge in [-0.1, -0.05) is 0 Å². The first-order valence-electron chi connectivity index (χ1n) is 15.8.